The number of aromatic hydroxyl groups is 1. The van der Waals surface area contributed by atoms with E-state index in [-0.39, 0.29) is 96.6 Å². The van der Waals surface area contributed by atoms with Crippen LogP contribution in [0.15, 0.2) is 219 Å². The number of phenols is 1. The highest BCUT2D eigenvalue weighted by atomic mass is 79.9. The molecule has 0 spiro atoms. The molecule has 6 heterocycles. The van der Waals surface area contributed by atoms with E-state index < -0.39 is 66.5 Å². The Hall–Kier alpha value is -9.17. The van der Waals surface area contributed by atoms with Gasteiger partial charge in [0.05, 0.1) is 28.6 Å². The number of halogens is 6. The van der Waals surface area contributed by atoms with Crippen molar-refractivity contribution in [2.45, 2.75) is 132 Å². The molecule has 0 saturated heterocycles. The number of carbonyl (C=O) groups excluding carboxylic acids is 1. The van der Waals surface area contributed by atoms with E-state index in [4.69, 9.17) is 76.0 Å². The van der Waals surface area contributed by atoms with Gasteiger partial charge in [0.15, 0.2) is 65.4 Å². The van der Waals surface area contributed by atoms with Crippen molar-refractivity contribution in [1.29, 1.82) is 0 Å². The Labute approximate surface area is 785 Å². The summed E-state index contributed by atoms with van der Waals surface area (Å²) in [5.74, 6) is -1.56. The molecule has 30 nitrogen and oxygen atoms in total. The SMILES string of the molecule is CC(=O)[C@H](C)Oc1ccc(Br)cc1-c1cc(C(C)C)no1.CC(C)[C@H](Oc1ccc(Br)cc1-c1ccon1)C(=O)O.CC[C@H](Oc1ccc(Br)cc1-c1ccno1)C(=O)O.CC[C@H](Oc1ccc(Br)cc1-c1ccon1)C(=O)O.C[C@H](Oc1c(O)cc(Br)cc1-c1ccon1)C(=O)O.Cc1conc1-c1cc(Br)ccc1O[C@@H](C)C(=O)O.S.S.S.S.S. The Morgan fingerprint density at radius 3 is 1.16 bits per heavy atom. The van der Waals surface area contributed by atoms with Crippen LogP contribution in [0.1, 0.15) is 99.3 Å². The van der Waals surface area contributed by atoms with Gasteiger partial charge in [-0.05, 0) is 157 Å². The molecule has 6 aromatic heterocycles. The summed E-state index contributed by atoms with van der Waals surface area (Å²) in [5.41, 5.74) is 7.92. The summed E-state index contributed by atoms with van der Waals surface area (Å²) in [4.78, 5) is 66.4. The number of Topliss-reactive ketones (excluding diaryl/α,β-unsaturated/α-hetero) is 1. The van der Waals surface area contributed by atoms with E-state index in [0.717, 1.165) is 39.2 Å². The summed E-state index contributed by atoms with van der Waals surface area (Å²) < 4.78 is 67.8. The number of carboxylic acid groups (broad SMARTS) is 5. The number of aryl methyl sites for hydroxylation is 1. The van der Waals surface area contributed by atoms with Crippen molar-refractivity contribution < 1.29 is 115 Å². The number of carboxylic acids is 5. The van der Waals surface area contributed by atoms with Crippen molar-refractivity contribution in [3.8, 4) is 108 Å². The van der Waals surface area contributed by atoms with Crippen molar-refractivity contribution in [1.82, 2.24) is 30.9 Å². The minimum Gasteiger partial charge on any atom is -0.504 e. The fourth-order valence-electron chi connectivity index (χ4n) is 9.81. The first kappa shape index (κ1) is 109. The van der Waals surface area contributed by atoms with Gasteiger partial charge in [0.1, 0.15) is 76.6 Å². The van der Waals surface area contributed by atoms with Crippen LogP contribution in [0.2, 0.25) is 0 Å². The van der Waals surface area contributed by atoms with Gasteiger partial charge in [0, 0.05) is 85.3 Å². The fraction of sp³-hybridized carbons (Fsp3) is 0.259. The number of nitrogens with zero attached hydrogens (tertiary/aromatic N) is 6. The Bertz CT molecular complexity index is 5180. The Morgan fingerprint density at radius 2 is 0.795 bits per heavy atom. The molecular formula is C81H88Br6N6O24S5. The van der Waals surface area contributed by atoms with Crippen molar-refractivity contribution >= 4 is 199 Å². The van der Waals surface area contributed by atoms with Gasteiger partial charge in [0.2, 0.25) is 0 Å². The number of benzene rings is 6. The molecule has 658 valence electrons. The van der Waals surface area contributed by atoms with Crippen LogP contribution in [0.5, 0.6) is 40.2 Å². The molecule has 41 heteroatoms. The van der Waals surface area contributed by atoms with Crippen LogP contribution in [-0.2, 0) is 28.8 Å². The maximum Gasteiger partial charge on any atom is 0.345 e. The third-order valence-electron chi connectivity index (χ3n) is 16.1. The fourth-order valence-corrected chi connectivity index (χ4v) is 12.1. The summed E-state index contributed by atoms with van der Waals surface area (Å²) >= 11 is 20.1. The predicted octanol–water partition coefficient (Wildman–Crippen LogP) is 21.4. The zero-order valence-corrected chi connectivity index (χ0v) is 81.1. The summed E-state index contributed by atoms with van der Waals surface area (Å²) in [7, 11) is 0. The molecule has 0 fully saturated rings. The van der Waals surface area contributed by atoms with Crippen LogP contribution in [0.3, 0.4) is 0 Å². The summed E-state index contributed by atoms with van der Waals surface area (Å²) in [6, 6.07) is 38.4. The van der Waals surface area contributed by atoms with E-state index in [2.05, 4.69) is 140 Å². The van der Waals surface area contributed by atoms with Crippen LogP contribution in [0.4, 0.5) is 0 Å². The lowest BCUT2D eigenvalue weighted by atomic mass is 10.1. The lowest BCUT2D eigenvalue weighted by molar-refractivity contribution is -0.147. The maximum absolute atomic E-state index is 11.4. The van der Waals surface area contributed by atoms with E-state index in [1.807, 2.05) is 49.4 Å². The van der Waals surface area contributed by atoms with Gasteiger partial charge < -0.3 is 86.2 Å². The number of hydrogen-bond acceptors (Lipinski definition) is 25. The largest absolute Gasteiger partial charge is 0.504 e. The molecule has 0 amide bonds. The number of carbonyl (C=O) groups is 6. The third-order valence-corrected chi connectivity index (χ3v) is 19.0. The van der Waals surface area contributed by atoms with Crippen LogP contribution in [0, 0.1) is 12.8 Å². The number of phenolic OH excluding ortho intramolecular Hbond substituents is 1. The molecule has 0 aliphatic heterocycles. The third kappa shape index (κ3) is 32.5. The molecule has 0 aliphatic rings. The highest BCUT2D eigenvalue weighted by Gasteiger charge is 2.28. The minimum atomic E-state index is -1.13. The van der Waals surface area contributed by atoms with Gasteiger partial charge in [-0.1, -0.05) is 168 Å². The van der Waals surface area contributed by atoms with E-state index in [1.54, 1.807) is 120 Å². The second-order valence-electron chi connectivity index (χ2n) is 25.5. The number of aromatic nitrogens is 6. The van der Waals surface area contributed by atoms with Gasteiger partial charge in [0.25, 0.3) is 0 Å². The van der Waals surface area contributed by atoms with Crippen LogP contribution in [0.25, 0.3) is 67.7 Å². The molecule has 0 radical (unpaired) electrons. The Morgan fingerprint density at radius 1 is 0.402 bits per heavy atom. The lowest BCUT2D eigenvalue weighted by Crippen LogP contribution is -2.32. The first-order valence-electron chi connectivity index (χ1n) is 35.2. The number of ketones is 1. The van der Waals surface area contributed by atoms with Crippen molar-refractivity contribution in [2.24, 2.45) is 5.92 Å². The average Bonchev–Trinajstić information content (AvgIpc) is 1.64. The number of aliphatic carboxylic acids is 5. The van der Waals surface area contributed by atoms with Crippen LogP contribution < -0.4 is 28.4 Å². The number of ether oxygens (including phenoxy) is 6. The van der Waals surface area contributed by atoms with Gasteiger partial charge >= 0.3 is 29.8 Å². The Kier molecular flexibility index (Phi) is 47.4. The first-order chi connectivity index (χ1) is 55.6. The molecule has 122 heavy (non-hydrogen) atoms. The maximum atomic E-state index is 11.4. The summed E-state index contributed by atoms with van der Waals surface area (Å²) in [6.45, 7) is 19.2. The first-order valence-corrected chi connectivity index (χ1v) is 40.0. The highest BCUT2D eigenvalue weighted by Crippen LogP contribution is 2.42. The summed E-state index contributed by atoms with van der Waals surface area (Å²) in [5, 5.41) is 78.0. The molecule has 6 atom stereocenters. The Balaban J connectivity index is 0.000000492. The minimum absolute atomic E-state index is 0. The van der Waals surface area contributed by atoms with E-state index >= 15 is 0 Å². The molecule has 6 N–H and O–H groups in total. The molecule has 6 aromatic carbocycles. The van der Waals surface area contributed by atoms with E-state index in [1.165, 1.54) is 58.1 Å². The summed E-state index contributed by atoms with van der Waals surface area (Å²) in [6.07, 6.45) is 2.86. The van der Waals surface area contributed by atoms with E-state index in [9.17, 15) is 39.0 Å². The number of rotatable bonds is 28. The molecule has 12 aromatic rings. The van der Waals surface area contributed by atoms with Crippen molar-refractivity contribution in [3.63, 3.8) is 0 Å². The topological polar surface area (TPSA) is 435 Å². The highest BCUT2D eigenvalue weighted by molar-refractivity contribution is 9.11. The smallest absolute Gasteiger partial charge is 0.345 e. The normalized spacial score (nSPS) is 11.7. The molecular weight excluding hydrogens is 2080 g/mol. The van der Waals surface area contributed by atoms with Crippen LogP contribution >= 0.6 is 163 Å². The van der Waals surface area contributed by atoms with Gasteiger partial charge in [-0.25, -0.2) is 24.0 Å². The zero-order chi connectivity index (χ0) is 85.9. The van der Waals surface area contributed by atoms with Gasteiger partial charge in [-0.3, -0.25) is 4.79 Å². The molecule has 12 rings (SSSR count). The lowest BCUT2D eigenvalue weighted by Gasteiger charge is -2.20. The molecule has 0 aliphatic carbocycles. The van der Waals surface area contributed by atoms with Crippen molar-refractivity contribution in [2.75, 3.05) is 0 Å². The standard InChI is InChI=1S/C16H18BrNO3.C14H14BrNO4.3C13H12BrNO4.C12H10BrNO5.5H2S/c1-9(2)14-8-16(21-18-14)13-7-12(17)5-6-15(13)20-11(4)10(3)19;1-8(2)13(14(17)18)20-12-4-3-9(15)7-10(12)11-5-6-19-16-11;1-7-6-18-15-12(7)10-5-9(14)3-4-11(10)19-8(2)13(16)17;1-2-11(13(16)17)19-12-4-3-8(14)7-9(12)10-5-6-18-15-10;1-2-10(13(16)17)18-11-4-3-8(14)7-9(11)12-5-6-15-19-12;1-6(12(16)17)19-11-8(9-2-3-18-14-9)4-7(13)5-10(11)15;;;;;/h5-9,11H,1-4H3;3-8,13H,1-2H3,(H,17,18);3-6,8H,1-2H3,(H,16,17);3-7,11H,2H2,1H3,(H,16,17);3-7,10H,2H2,1H3,(H,16,17);2-6,15H,1H3,(H,16,17);5*1H2/t11-;13-;8-;11-;10-;6-;;;;;/m000000...../s1. The van der Waals surface area contributed by atoms with E-state index in [0.29, 0.717) is 108 Å². The number of hydrogen-bond donors (Lipinski definition) is 6. The quantitative estimate of drug-likeness (QED) is 0.0265. The van der Waals surface area contributed by atoms with Gasteiger partial charge in [-0.15, -0.1) is 0 Å². The second kappa shape index (κ2) is 53.1. The monoisotopic (exact) mass is 2160 g/mol. The van der Waals surface area contributed by atoms with Crippen molar-refractivity contribution in [3.05, 3.63) is 203 Å². The second-order valence-corrected chi connectivity index (χ2v) is 31.0. The predicted molar refractivity (Wildman–Crippen MR) is 498 cm³/mol. The molecule has 0 bridgehead atoms. The average molecular weight is 2170 g/mol. The van der Waals surface area contributed by atoms with Gasteiger partial charge in [-0.2, -0.15) is 67.5 Å². The van der Waals surface area contributed by atoms with Crippen LogP contribution in [-0.4, -0.2) is 134 Å². The molecule has 0 unspecified atom stereocenters. The molecule has 0 saturated carbocycles. The zero-order valence-electron chi connectivity index (χ0n) is 66.6.